The van der Waals surface area contributed by atoms with Crippen LogP contribution >= 0.6 is 11.6 Å². The lowest BCUT2D eigenvalue weighted by molar-refractivity contribution is 0.325. The van der Waals surface area contributed by atoms with Crippen LogP contribution in [0.1, 0.15) is 17.0 Å². The molecular weight excluding hydrogens is 394 g/mol. The molecule has 1 aromatic heterocycles. The third kappa shape index (κ3) is 2.79. The molecule has 0 aliphatic carbocycles. The summed E-state index contributed by atoms with van der Waals surface area (Å²) >= 11 is 6.30. The summed E-state index contributed by atoms with van der Waals surface area (Å²) in [6.45, 7) is 1.92. The van der Waals surface area contributed by atoms with Gasteiger partial charge in [-0.3, -0.25) is 9.58 Å². The number of benzene rings is 2. The Morgan fingerprint density at radius 3 is 2.71 bits per heavy atom. The first-order valence-electron chi connectivity index (χ1n) is 9.26. The van der Waals surface area contributed by atoms with E-state index in [0.717, 1.165) is 33.8 Å². The predicted octanol–water partition coefficient (Wildman–Crippen LogP) is 3.50. The molecule has 2 aliphatic rings. The standard InChI is InChI=1S/C21H20ClN3O2S/c1-24-10-16(9-23-24)14-6-7-20-17(8-14)18-12-25(13-21(18)28(20,26)27)11-15-4-2-3-5-19(15)22/h2-10,18,21H,11-13H2,1H3. The number of rotatable bonds is 3. The molecule has 0 spiro atoms. The average Bonchev–Trinajstić information content (AvgIpc) is 3.34. The molecule has 0 N–H and O–H groups in total. The highest BCUT2D eigenvalue weighted by molar-refractivity contribution is 7.92. The van der Waals surface area contributed by atoms with Gasteiger partial charge < -0.3 is 0 Å². The first kappa shape index (κ1) is 17.9. The van der Waals surface area contributed by atoms with Gasteiger partial charge in [0.25, 0.3) is 0 Å². The third-order valence-corrected chi connectivity index (χ3v) is 8.47. The summed E-state index contributed by atoms with van der Waals surface area (Å²) in [5.74, 6) is -0.000825. The Morgan fingerprint density at radius 2 is 1.96 bits per heavy atom. The minimum Gasteiger partial charge on any atom is -0.297 e. The minimum absolute atomic E-state index is 0.000825. The Labute approximate surface area is 169 Å². The minimum atomic E-state index is -3.31. The van der Waals surface area contributed by atoms with Crippen LogP contribution in [0.5, 0.6) is 0 Å². The summed E-state index contributed by atoms with van der Waals surface area (Å²) in [5.41, 5.74) is 3.98. The van der Waals surface area contributed by atoms with Crippen LogP contribution in [-0.2, 0) is 23.4 Å². The highest BCUT2D eigenvalue weighted by atomic mass is 35.5. The second-order valence-corrected chi connectivity index (χ2v) is 10.2. The zero-order valence-corrected chi connectivity index (χ0v) is 17.0. The van der Waals surface area contributed by atoms with Gasteiger partial charge in [-0.25, -0.2) is 8.42 Å². The van der Waals surface area contributed by atoms with Gasteiger partial charge in [-0.15, -0.1) is 0 Å². The van der Waals surface area contributed by atoms with Gasteiger partial charge in [-0.2, -0.15) is 5.10 Å². The van der Waals surface area contributed by atoms with Crippen molar-refractivity contribution in [1.82, 2.24) is 14.7 Å². The number of nitrogens with zero attached hydrogens (tertiary/aromatic N) is 3. The van der Waals surface area contributed by atoms with E-state index >= 15 is 0 Å². The van der Waals surface area contributed by atoms with Crippen LogP contribution in [0, 0.1) is 0 Å². The van der Waals surface area contributed by atoms with Crippen LogP contribution < -0.4 is 0 Å². The molecule has 2 atom stereocenters. The molecule has 1 saturated heterocycles. The number of fused-ring (bicyclic) bond motifs is 3. The van der Waals surface area contributed by atoms with Crippen molar-refractivity contribution in [3.63, 3.8) is 0 Å². The Kier molecular flexibility index (Phi) is 4.12. The maximum atomic E-state index is 13.1. The Morgan fingerprint density at radius 1 is 1.14 bits per heavy atom. The number of sulfone groups is 1. The van der Waals surface area contributed by atoms with Crippen molar-refractivity contribution in [3.05, 3.63) is 71.0 Å². The Bertz CT molecular complexity index is 1170. The number of hydrogen-bond donors (Lipinski definition) is 0. The van der Waals surface area contributed by atoms with E-state index in [0.29, 0.717) is 18.0 Å². The number of likely N-dealkylation sites (tertiary alicyclic amines) is 1. The molecule has 3 aromatic rings. The molecule has 144 valence electrons. The molecule has 28 heavy (non-hydrogen) atoms. The number of halogens is 1. The largest absolute Gasteiger partial charge is 0.297 e. The van der Waals surface area contributed by atoms with E-state index in [1.165, 1.54) is 0 Å². The zero-order chi connectivity index (χ0) is 19.5. The Balaban J connectivity index is 1.48. The topological polar surface area (TPSA) is 55.2 Å². The second kappa shape index (κ2) is 6.44. The van der Waals surface area contributed by atoms with E-state index in [9.17, 15) is 8.42 Å². The lowest BCUT2D eigenvalue weighted by Gasteiger charge is -2.18. The van der Waals surface area contributed by atoms with E-state index in [-0.39, 0.29) is 11.2 Å². The van der Waals surface area contributed by atoms with Crippen molar-refractivity contribution < 1.29 is 8.42 Å². The lowest BCUT2D eigenvalue weighted by atomic mass is 9.95. The van der Waals surface area contributed by atoms with E-state index in [4.69, 9.17) is 11.6 Å². The van der Waals surface area contributed by atoms with Crippen molar-refractivity contribution >= 4 is 21.4 Å². The van der Waals surface area contributed by atoms with Crippen LogP contribution in [0.15, 0.2) is 59.8 Å². The van der Waals surface area contributed by atoms with Gasteiger partial charge >= 0.3 is 0 Å². The fourth-order valence-electron chi connectivity index (χ4n) is 4.47. The van der Waals surface area contributed by atoms with Crippen molar-refractivity contribution in [2.45, 2.75) is 22.6 Å². The van der Waals surface area contributed by atoms with E-state index in [1.807, 2.05) is 49.6 Å². The van der Waals surface area contributed by atoms with Crippen molar-refractivity contribution in [2.75, 3.05) is 13.1 Å². The van der Waals surface area contributed by atoms with Crippen molar-refractivity contribution in [3.8, 4) is 11.1 Å². The molecular formula is C21H20ClN3O2S. The molecule has 0 amide bonds. The second-order valence-electron chi connectivity index (χ2n) is 7.63. The monoisotopic (exact) mass is 413 g/mol. The summed E-state index contributed by atoms with van der Waals surface area (Å²) in [6.07, 6.45) is 3.75. The predicted molar refractivity (Wildman–Crippen MR) is 109 cm³/mol. The molecule has 1 fully saturated rings. The van der Waals surface area contributed by atoms with E-state index in [2.05, 4.69) is 10.00 Å². The van der Waals surface area contributed by atoms with Gasteiger partial charge in [0.1, 0.15) is 0 Å². The molecule has 7 heteroatoms. The maximum Gasteiger partial charge on any atom is 0.183 e. The first-order chi connectivity index (χ1) is 13.4. The number of aromatic nitrogens is 2. The summed E-state index contributed by atoms with van der Waals surface area (Å²) < 4.78 is 28.0. The van der Waals surface area contributed by atoms with Crippen LogP contribution in [0.25, 0.3) is 11.1 Å². The summed E-state index contributed by atoms with van der Waals surface area (Å²) in [7, 11) is -1.43. The van der Waals surface area contributed by atoms with Gasteiger partial charge in [0.15, 0.2) is 9.84 Å². The highest BCUT2D eigenvalue weighted by Gasteiger charge is 2.50. The normalized spacial score (nSPS) is 22.9. The Hall–Kier alpha value is -2.15. The number of aryl methyl sites for hydroxylation is 1. The summed E-state index contributed by atoms with van der Waals surface area (Å²) in [6, 6.07) is 13.4. The van der Waals surface area contributed by atoms with Gasteiger partial charge in [0, 0.05) is 49.4 Å². The first-order valence-corrected chi connectivity index (χ1v) is 11.2. The highest BCUT2D eigenvalue weighted by Crippen LogP contribution is 2.46. The SMILES string of the molecule is Cn1cc(-c2ccc3c(c2)C2CN(Cc4ccccc4Cl)CC2S3(=O)=O)cn1. The molecule has 0 saturated carbocycles. The van der Waals surface area contributed by atoms with E-state index in [1.54, 1.807) is 16.9 Å². The fourth-order valence-corrected chi connectivity index (χ4v) is 6.86. The molecule has 2 aromatic carbocycles. The quantitative estimate of drug-likeness (QED) is 0.659. The molecule has 0 bridgehead atoms. The maximum absolute atomic E-state index is 13.1. The lowest BCUT2D eigenvalue weighted by Crippen LogP contribution is -2.26. The van der Waals surface area contributed by atoms with Gasteiger partial charge in [-0.05, 0) is 34.9 Å². The molecule has 5 nitrogen and oxygen atoms in total. The van der Waals surface area contributed by atoms with Crippen LogP contribution in [-0.4, -0.2) is 41.4 Å². The smallest absolute Gasteiger partial charge is 0.183 e. The summed E-state index contributed by atoms with van der Waals surface area (Å²) in [5, 5.41) is 4.57. The number of hydrogen-bond acceptors (Lipinski definition) is 4. The fraction of sp³-hybridized carbons (Fsp3) is 0.286. The molecule has 2 aliphatic heterocycles. The molecule has 5 rings (SSSR count). The van der Waals surface area contributed by atoms with Gasteiger partial charge in [-0.1, -0.05) is 35.9 Å². The van der Waals surface area contributed by atoms with Crippen molar-refractivity contribution in [2.24, 2.45) is 7.05 Å². The van der Waals surface area contributed by atoms with Crippen LogP contribution in [0.3, 0.4) is 0 Å². The van der Waals surface area contributed by atoms with E-state index < -0.39 is 9.84 Å². The zero-order valence-electron chi connectivity index (χ0n) is 15.4. The third-order valence-electron chi connectivity index (χ3n) is 5.85. The van der Waals surface area contributed by atoms with Crippen LogP contribution in [0.4, 0.5) is 0 Å². The molecule has 0 radical (unpaired) electrons. The van der Waals surface area contributed by atoms with Gasteiger partial charge in [0.2, 0.25) is 0 Å². The van der Waals surface area contributed by atoms with Crippen molar-refractivity contribution in [1.29, 1.82) is 0 Å². The molecule has 3 heterocycles. The average molecular weight is 414 g/mol. The molecule has 2 unspecified atom stereocenters. The summed E-state index contributed by atoms with van der Waals surface area (Å²) in [4.78, 5) is 2.70. The van der Waals surface area contributed by atoms with Gasteiger partial charge in [0.05, 0.1) is 16.3 Å². The van der Waals surface area contributed by atoms with Crippen LogP contribution in [0.2, 0.25) is 5.02 Å².